The van der Waals surface area contributed by atoms with Crippen molar-refractivity contribution < 1.29 is 8.42 Å². The van der Waals surface area contributed by atoms with E-state index in [4.69, 9.17) is 0 Å². The molecular formula is C19H20N6O3S. The quantitative estimate of drug-likeness (QED) is 0.492. The van der Waals surface area contributed by atoms with Crippen LogP contribution in [0.3, 0.4) is 0 Å². The Hall–Kier alpha value is -3.11. The van der Waals surface area contributed by atoms with Gasteiger partial charge < -0.3 is 4.57 Å². The normalized spacial score (nSPS) is 12.3. The summed E-state index contributed by atoms with van der Waals surface area (Å²) < 4.78 is 29.2. The standard InChI is InChI=1S/C19H20N6O3S/c1-4-24-17-10-9-13(29(27,28)23(2)3)11-16(17)20-18(24)12-25-19(26)14-7-5-6-8-15(14)21-22-25/h5-11H,4,12H2,1-3H3. The maximum absolute atomic E-state index is 12.7. The van der Waals surface area contributed by atoms with Gasteiger partial charge in [0.1, 0.15) is 17.9 Å². The number of nitrogens with zero attached hydrogens (tertiary/aromatic N) is 6. The fourth-order valence-corrected chi connectivity index (χ4v) is 4.19. The fourth-order valence-electron chi connectivity index (χ4n) is 3.27. The van der Waals surface area contributed by atoms with Crippen LogP contribution in [0.2, 0.25) is 0 Å². The van der Waals surface area contributed by atoms with Crippen LogP contribution in [-0.2, 0) is 23.1 Å². The zero-order valence-corrected chi connectivity index (χ0v) is 17.1. The first-order chi connectivity index (χ1) is 13.8. The molecule has 0 saturated heterocycles. The summed E-state index contributed by atoms with van der Waals surface area (Å²) in [5.41, 5.74) is 1.63. The Morgan fingerprint density at radius 2 is 1.83 bits per heavy atom. The number of hydrogen-bond donors (Lipinski definition) is 0. The summed E-state index contributed by atoms with van der Waals surface area (Å²) in [5, 5.41) is 8.62. The highest BCUT2D eigenvalue weighted by Crippen LogP contribution is 2.22. The third kappa shape index (κ3) is 3.19. The van der Waals surface area contributed by atoms with Gasteiger partial charge in [-0.25, -0.2) is 22.4 Å². The highest BCUT2D eigenvalue weighted by Gasteiger charge is 2.20. The number of fused-ring (bicyclic) bond motifs is 2. The molecule has 0 radical (unpaired) electrons. The Morgan fingerprint density at radius 1 is 1.07 bits per heavy atom. The van der Waals surface area contributed by atoms with Crippen molar-refractivity contribution in [3.8, 4) is 0 Å². The van der Waals surface area contributed by atoms with Crippen molar-refractivity contribution in [2.24, 2.45) is 0 Å². The molecule has 0 spiro atoms. The lowest BCUT2D eigenvalue weighted by atomic mass is 10.2. The van der Waals surface area contributed by atoms with Crippen molar-refractivity contribution >= 4 is 32.0 Å². The van der Waals surface area contributed by atoms with Crippen LogP contribution in [0.4, 0.5) is 0 Å². The van der Waals surface area contributed by atoms with Crippen LogP contribution >= 0.6 is 0 Å². The number of sulfonamides is 1. The second-order valence-electron chi connectivity index (χ2n) is 6.78. The van der Waals surface area contributed by atoms with E-state index in [1.165, 1.54) is 18.8 Å². The third-order valence-corrected chi connectivity index (χ3v) is 6.63. The van der Waals surface area contributed by atoms with Crippen LogP contribution < -0.4 is 5.56 Å². The Balaban J connectivity index is 1.82. The third-order valence-electron chi connectivity index (χ3n) is 4.81. The summed E-state index contributed by atoms with van der Waals surface area (Å²) in [7, 11) is -0.589. The number of benzene rings is 2. The van der Waals surface area contributed by atoms with Gasteiger partial charge in [-0.2, -0.15) is 0 Å². The van der Waals surface area contributed by atoms with E-state index in [1.54, 1.807) is 42.5 Å². The zero-order chi connectivity index (χ0) is 20.8. The van der Waals surface area contributed by atoms with Gasteiger partial charge in [-0.05, 0) is 37.3 Å². The van der Waals surface area contributed by atoms with Crippen molar-refractivity contribution in [2.75, 3.05) is 14.1 Å². The molecule has 0 aliphatic carbocycles. The van der Waals surface area contributed by atoms with Crippen LogP contribution in [-0.4, -0.2) is 51.4 Å². The van der Waals surface area contributed by atoms with E-state index < -0.39 is 10.0 Å². The molecule has 2 heterocycles. The van der Waals surface area contributed by atoms with E-state index in [2.05, 4.69) is 15.3 Å². The van der Waals surface area contributed by atoms with Crippen LogP contribution in [0.25, 0.3) is 21.9 Å². The molecule has 29 heavy (non-hydrogen) atoms. The monoisotopic (exact) mass is 412 g/mol. The van der Waals surface area contributed by atoms with Crippen LogP contribution in [0, 0.1) is 0 Å². The molecule has 0 saturated carbocycles. The molecule has 10 heteroatoms. The van der Waals surface area contributed by atoms with Crippen LogP contribution in [0.5, 0.6) is 0 Å². The van der Waals surface area contributed by atoms with Gasteiger partial charge in [0.2, 0.25) is 10.0 Å². The average Bonchev–Trinajstić information content (AvgIpc) is 3.06. The van der Waals surface area contributed by atoms with Gasteiger partial charge in [0.25, 0.3) is 5.56 Å². The van der Waals surface area contributed by atoms with Gasteiger partial charge in [-0.15, -0.1) is 5.10 Å². The predicted molar refractivity (Wildman–Crippen MR) is 109 cm³/mol. The molecule has 0 atom stereocenters. The molecule has 0 bridgehead atoms. The van der Waals surface area contributed by atoms with Gasteiger partial charge in [-0.1, -0.05) is 17.3 Å². The van der Waals surface area contributed by atoms with Gasteiger partial charge in [0.15, 0.2) is 0 Å². The lowest BCUT2D eigenvalue weighted by Gasteiger charge is -2.11. The second kappa shape index (κ2) is 7.05. The summed E-state index contributed by atoms with van der Waals surface area (Å²) >= 11 is 0. The van der Waals surface area contributed by atoms with Gasteiger partial charge in [-0.3, -0.25) is 4.79 Å². The molecule has 0 fully saturated rings. The minimum atomic E-state index is -3.56. The molecule has 2 aromatic heterocycles. The lowest BCUT2D eigenvalue weighted by molar-refractivity contribution is 0.521. The average molecular weight is 412 g/mol. The van der Waals surface area contributed by atoms with E-state index in [1.807, 2.05) is 11.5 Å². The number of hydrogen-bond acceptors (Lipinski definition) is 6. The Labute approximate surface area is 167 Å². The second-order valence-corrected chi connectivity index (χ2v) is 8.93. The molecule has 150 valence electrons. The van der Waals surface area contributed by atoms with Gasteiger partial charge >= 0.3 is 0 Å². The number of aryl methyl sites for hydroxylation is 1. The smallest absolute Gasteiger partial charge is 0.278 e. The van der Waals surface area contributed by atoms with Gasteiger partial charge in [0, 0.05) is 20.6 Å². The topological polar surface area (TPSA) is 103 Å². The molecular weight excluding hydrogens is 392 g/mol. The SMILES string of the molecule is CCn1c(Cn2nnc3ccccc3c2=O)nc2cc(S(=O)(=O)N(C)C)ccc21. The van der Waals surface area contributed by atoms with E-state index in [-0.39, 0.29) is 17.0 Å². The predicted octanol–water partition coefficient (Wildman–Crippen LogP) is 1.46. The highest BCUT2D eigenvalue weighted by molar-refractivity contribution is 7.89. The summed E-state index contributed by atoms with van der Waals surface area (Å²) in [5.74, 6) is 0.605. The van der Waals surface area contributed by atoms with E-state index in [0.29, 0.717) is 28.8 Å². The maximum atomic E-state index is 12.7. The van der Waals surface area contributed by atoms with Crippen molar-refractivity contribution in [3.05, 3.63) is 58.6 Å². The summed E-state index contributed by atoms with van der Waals surface area (Å²) in [4.78, 5) is 17.5. The molecule has 4 aromatic rings. The maximum Gasteiger partial charge on any atom is 0.278 e. The zero-order valence-electron chi connectivity index (χ0n) is 16.3. The van der Waals surface area contributed by atoms with Crippen molar-refractivity contribution in [1.29, 1.82) is 0 Å². The van der Waals surface area contributed by atoms with Gasteiger partial charge in [0.05, 0.1) is 21.3 Å². The summed E-state index contributed by atoms with van der Waals surface area (Å²) in [6.45, 7) is 2.71. The van der Waals surface area contributed by atoms with E-state index in [0.717, 1.165) is 9.82 Å². The van der Waals surface area contributed by atoms with E-state index in [9.17, 15) is 13.2 Å². The molecule has 2 aromatic carbocycles. The molecule has 0 amide bonds. The summed E-state index contributed by atoms with van der Waals surface area (Å²) in [6, 6.07) is 11.9. The minimum Gasteiger partial charge on any atom is -0.327 e. The first kappa shape index (κ1) is 19.2. The number of imidazole rings is 1. The molecule has 4 rings (SSSR count). The Kier molecular flexibility index (Phi) is 4.67. The highest BCUT2D eigenvalue weighted by atomic mass is 32.2. The molecule has 9 nitrogen and oxygen atoms in total. The van der Waals surface area contributed by atoms with Crippen molar-refractivity contribution in [2.45, 2.75) is 24.9 Å². The first-order valence-corrected chi connectivity index (χ1v) is 10.5. The molecule has 0 aliphatic rings. The fraction of sp³-hybridized carbons (Fsp3) is 0.263. The Morgan fingerprint density at radius 3 is 2.55 bits per heavy atom. The molecule has 0 N–H and O–H groups in total. The first-order valence-electron chi connectivity index (χ1n) is 9.07. The van der Waals surface area contributed by atoms with Crippen molar-refractivity contribution in [1.82, 2.24) is 28.9 Å². The molecule has 0 unspecified atom stereocenters. The molecule has 0 aliphatic heterocycles. The largest absolute Gasteiger partial charge is 0.327 e. The number of rotatable bonds is 5. The van der Waals surface area contributed by atoms with Crippen molar-refractivity contribution in [3.63, 3.8) is 0 Å². The van der Waals surface area contributed by atoms with Crippen LogP contribution in [0.1, 0.15) is 12.7 Å². The number of aromatic nitrogens is 5. The Bertz CT molecular complexity index is 1390. The minimum absolute atomic E-state index is 0.134. The van der Waals surface area contributed by atoms with E-state index >= 15 is 0 Å². The summed E-state index contributed by atoms with van der Waals surface area (Å²) in [6.07, 6.45) is 0. The van der Waals surface area contributed by atoms with Crippen LogP contribution in [0.15, 0.2) is 52.2 Å². The lowest BCUT2D eigenvalue weighted by Crippen LogP contribution is -2.26.